The molecule has 2 aromatic carbocycles. The highest BCUT2D eigenvalue weighted by molar-refractivity contribution is 5.56. The van der Waals surface area contributed by atoms with Crippen LogP contribution in [0.5, 0.6) is 0 Å². The lowest BCUT2D eigenvalue weighted by Gasteiger charge is -2.21. The highest BCUT2D eigenvalue weighted by Gasteiger charge is 2.13. The van der Waals surface area contributed by atoms with Crippen LogP contribution >= 0.6 is 0 Å². The summed E-state index contributed by atoms with van der Waals surface area (Å²) in [6.45, 7) is 4.05. The van der Waals surface area contributed by atoms with Gasteiger partial charge >= 0.3 is 0 Å². The van der Waals surface area contributed by atoms with Crippen LogP contribution < -0.4 is 5.32 Å². The SMILES string of the molecule is CCCC(Nc1ccc([N+](=O)[O-])cc1C)c1ccccc1. The van der Waals surface area contributed by atoms with Crippen molar-refractivity contribution in [2.24, 2.45) is 0 Å². The summed E-state index contributed by atoms with van der Waals surface area (Å²) in [5, 5.41) is 14.3. The lowest BCUT2D eigenvalue weighted by atomic mass is 10.0. The predicted octanol–water partition coefficient (Wildman–Crippen LogP) is 4.86. The van der Waals surface area contributed by atoms with E-state index in [4.69, 9.17) is 0 Å². The maximum Gasteiger partial charge on any atom is 0.269 e. The second-order valence-corrected chi connectivity index (χ2v) is 5.15. The fraction of sp³-hybridized carbons (Fsp3) is 0.294. The maximum atomic E-state index is 10.8. The van der Waals surface area contributed by atoms with Crippen molar-refractivity contribution in [3.05, 3.63) is 69.8 Å². The Labute approximate surface area is 125 Å². The van der Waals surface area contributed by atoms with Crippen molar-refractivity contribution < 1.29 is 4.92 Å². The molecular formula is C17H20N2O2. The smallest absolute Gasteiger partial charge is 0.269 e. The molecule has 0 spiro atoms. The van der Waals surface area contributed by atoms with Gasteiger partial charge in [0.25, 0.3) is 5.69 Å². The van der Waals surface area contributed by atoms with Crippen LogP contribution in [0.2, 0.25) is 0 Å². The number of anilines is 1. The lowest BCUT2D eigenvalue weighted by Crippen LogP contribution is -2.11. The minimum atomic E-state index is -0.364. The van der Waals surface area contributed by atoms with Crippen LogP contribution in [0.15, 0.2) is 48.5 Å². The third-order valence-electron chi connectivity index (χ3n) is 3.53. The molecule has 1 atom stereocenters. The van der Waals surface area contributed by atoms with Gasteiger partial charge < -0.3 is 5.32 Å². The molecule has 0 bridgehead atoms. The van der Waals surface area contributed by atoms with E-state index in [0.717, 1.165) is 24.1 Å². The van der Waals surface area contributed by atoms with E-state index in [9.17, 15) is 10.1 Å². The normalized spacial score (nSPS) is 11.9. The minimum Gasteiger partial charge on any atom is -0.378 e. The van der Waals surface area contributed by atoms with Gasteiger partial charge in [-0.1, -0.05) is 43.7 Å². The summed E-state index contributed by atoms with van der Waals surface area (Å²) >= 11 is 0. The van der Waals surface area contributed by atoms with Crippen molar-refractivity contribution in [2.45, 2.75) is 32.7 Å². The molecule has 0 fully saturated rings. The summed E-state index contributed by atoms with van der Waals surface area (Å²) in [5.74, 6) is 0. The predicted molar refractivity (Wildman–Crippen MR) is 85.5 cm³/mol. The van der Waals surface area contributed by atoms with Crippen LogP contribution in [0.1, 0.15) is 36.9 Å². The van der Waals surface area contributed by atoms with E-state index < -0.39 is 0 Å². The van der Waals surface area contributed by atoms with Gasteiger partial charge in [-0.2, -0.15) is 0 Å². The third-order valence-corrected chi connectivity index (χ3v) is 3.53. The average molecular weight is 284 g/mol. The van der Waals surface area contributed by atoms with Crippen LogP contribution in [0, 0.1) is 17.0 Å². The number of nitro groups is 1. The summed E-state index contributed by atoms with van der Waals surface area (Å²) in [5.41, 5.74) is 3.20. The lowest BCUT2D eigenvalue weighted by molar-refractivity contribution is -0.384. The largest absolute Gasteiger partial charge is 0.378 e. The number of nitrogens with one attached hydrogen (secondary N) is 1. The van der Waals surface area contributed by atoms with E-state index in [2.05, 4.69) is 24.4 Å². The Morgan fingerprint density at radius 1 is 1.19 bits per heavy atom. The Kier molecular flexibility index (Phi) is 4.93. The molecule has 0 heterocycles. The monoisotopic (exact) mass is 284 g/mol. The molecule has 0 amide bonds. The van der Waals surface area contributed by atoms with Gasteiger partial charge in [0.1, 0.15) is 0 Å². The molecule has 110 valence electrons. The third kappa shape index (κ3) is 3.81. The molecule has 0 aliphatic rings. The number of non-ortho nitro benzene ring substituents is 1. The van der Waals surface area contributed by atoms with Crippen LogP contribution in [0.3, 0.4) is 0 Å². The molecule has 0 aliphatic heterocycles. The minimum absolute atomic E-state index is 0.129. The zero-order valence-corrected chi connectivity index (χ0v) is 12.4. The fourth-order valence-electron chi connectivity index (χ4n) is 2.41. The first-order valence-electron chi connectivity index (χ1n) is 7.18. The number of nitrogens with zero attached hydrogens (tertiary/aromatic N) is 1. The fourth-order valence-corrected chi connectivity index (χ4v) is 2.41. The topological polar surface area (TPSA) is 55.2 Å². The molecule has 2 aromatic rings. The Morgan fingerprint density at radius 2 is 1.90 bits per heavy atom. The first kappa shape index (κ1) is 15.0. The van der Waals surface area contributed by atoms with E-state index in [1.54, 1.807) is 18.2 Å². The van der Waals surface area contributed by atoms with E-state index >= 15 is 0 Å². The molecule has 0 saturated carbocycles. The Hall–Kier alpha value is -2.36. The zero-order valence-electron chi connectivity index (χ0n) is 12.4. The molecule has 1 unspecified atom stereocenters. The molecule has 0 aliphatic carbocycles. The second kappa shape index (κ2) is 6.88. The van der Waals surface area contributed by atoms with Crippen molar-refractivity contribution in [1.82, 2.24) is 0 Å². The van der Waals surface area contributed by atoms with Gasteiger partial charge in [-0.15, -0.1) is 0 Å². The quantitative estimate of drug-likeness (QED) is 0.609. The van der Waals surface area contributed by atoms with Gasteiger partial charge in [0, 0.05) is 17.8 Å². The summed E-state index contributed by atoms with van der Waals surface area (Å²) in [6.07, 6.45) is 2.08. The molecule has 4 heteroatoms. The standard InChI is InChI=1S/C17H20N2O2/c1-3-7-17(14-8-5-4-6-9-14)18-16-11-10-15(19(20)21)12-13(16)2/h4-6,8-12,17-18H,3,7H2,1-2H3. The highest BCUT2D eigenvalue weighted by atomic mass is 16.6. The molecule has 2 rings (SSSR count). The van der Waals surface area contributed by atoms with Crippen molar-refractivity contribution in [3.8, 4) is 0 Å². The van der Waals surface area contributed by atoms with Crippen molar-refractivity contribution >= 4 is 11.4 Å². The Balaban J connectivity index is 2.23. The summed E-state index contributed by atoms with van der Waals surface area (Å²) in [7, 11) is 0. The number of rotatable bonds is 6. The van der Waals surface area contributed by atoms with Gasteiger partial charge in [-0.05, 0) is 30.5 Å². The molecule has 0 saturated heterocycles. The molecular weight excluding hydrogens is 264 g/mol. The van der Waals surface area contributed by atoms with E-state index in [-0.39, 0.29) is 16.7 Å². The summed E-state index contributed by atoms with van der Waals surface area (Å²) in [4.78, 5) is 10.4. The van der Waals surface area contributed by atoms with E-state index in [1.165, 1.54) is 5.56 Å². The van der Waals surface area contributed by atoms with Crippen LogP contribution in [-0.4, -0.2) is 4.92 Å². The highest BCUT2D eigenvalue weighted by Crippen LogP contribution is 2.28. The van der Waals surface area contributed by atoms with Gasteiger partial charge in [0.15, 0.2) is 0 Å². The first-order valence-corrected chi connectivity index (χ1v) is 7.18. The number of aryl methyl sites for hydroxylation is 1. The van der Waals surface area contributed by atoms with Gasteiger partial charge in [-0.25, -0.2) is 0 Å². The van der Waals surface area contributed by atoms with E-state index in [1.807, 2.05) is 25.1 Å². The average Bonchev–Trinajstić information content (AvgIpc) is 2.49. The summed E-state index contributed by atoms with van der Waals surface area (Å²) in [6, 6.07) is 15.4. The number of benzene rings is 2. The van der Waals surface area contributed by atoms with Crippen LogP contribution in [0.25, 0.3) is 0 Å². The zero-order chi connectivity index (χ0) is 15.2. The van der Waals surface area contributed by atoms with Crippen molar-refractivity contribution in [1.29, 1.82) is 0 Å². The number of hydrogen-bond acceptors (Lipinski definition) is 3. The molecule has 0 radical (unpaired) electrons. The van der Waals surface area contributed by atoms with Crippen molar-refractivity contribution in [2.75, 3.05) is 5.32 Å². The Morgan fingerprint density at radius 3 is 2.48 bits per heavy atom. The maximum absolute atomic E-state index is 10.8. The van der Waals surface area contributed by atoms with Crippen LogP contribution in [0.4, 0.5) is 11.4 Å². The number of hydrogen-bond donors (Lipinski definition) is 1. The summed E-state index contributed by atoms with van der Waals surface area (Å²) < 4.78 is 0. The van der Waals surface area contributed by atoms with Gasteiger partial charge in [-0.3, -0.25) is 10.1 Å². The molecule has 0 aromatic heterocycles. The second-order valence-electron chi connectivity index (χ2n) is 5.15. The van der Waals surface area contributed by atoms with Gasteiger partial charge in [0.2, 0.25) is 0 Å². The number of nitro benzene ring substituents is 1. The first-order chi connectivity index (χ1) is 10.1. The molecule has 4 nitrogen and oxygen atoms in total. The van der Waals surface area contributed by atoms with Crippen molar-refractivity contribution in [3.63, 3.8) is 0 Å². The van der Waals surface area contributed by atoms with Crippen LogP contribution in [-0.2, 0) is 0 Å². The molecule has 21 heavy (non-hydrogen) atoms. The van der Waals surface area contributed by atoms with Gasteiger partial charge in [0.05, 0.1) is 11.0 Å². The Bertz CT molecular complexity index is 611. The van der Waals surface area contributed by atoms with E-state index in [0.29, 0.717) is 0 Å². The molecule has 1 N–H and O–H groups in total.